The topological polar surface area (TPSA) is 149 Å². The Morgan fingerprint density at radius 2 is 1.92 bits per heavy atom. The van der Waals surface area contributed by atoms with Gasteiger partial charge in [0.1, 0.15) is 18.8 Å². The van der Waals surface area contributed by atoms with Crippen LogP contribution in [0.5, 0.6) is 0 Å². The van der Waals surface area contributed by atoms with Crippen LogP contribution in [0.15, 0.2) is 47.6 Å². The normalized spacial score (nSPS) is 34.6. The summed E-state index contributed by atoms with van der Waals surface area (Å²) in [5.41, 5.74) is -0.254. The van der Waals surface area contributed by atoms with Gasteiger partial charge in [-0.15, -0.1) is 0 Å². The predicted octanol–water partition coefficient (Wildman–Crippen LogP) is 0.758. The molecule has 36 heavy (non-hydrogen) atoms. The van der Waals surface area contributed by atoms with Crippen molar-refractivity contribution in [2.75, 3.05) is 26.9 Å². The Balaban J connectivity index is 1.86. The molecule has 10 nitrogen and oxygen atoms in total. The Morgan fingerprint density at radius 1 is 1.22 bits per heavy atom. The number of rotatable bonds is 8. The number of fused-ring (bicyclic) bond motifs is 3. The Kier molecular flexibility index (Phi) is 8.55. The summed E-state index contributed by atoms with van der Waals surface area (Å²) in [7, 11) is 1.49. The lowest BCUT2D eigenvalue weighted by Gasteiger charge is -2.38. The molecule has 2 aliphatic carbocycles. The van der Waals surface area contributed by atoms with Crippen LogP contribution in [0.3, 0.4) is 0 Å². The summed E-state index contributed by atoms with van der Waals surface area (Å²) in [5.74, 6) is -3.67. The van der Waals surface area contributed by atoms with E-state index in [-0.39, 0.29) is 29.1 Å². The van der Waals surface area contributed by atoms with Crippen LogP contribution in [0.4, 0.5) is 0 Å². The molecule has 3 N–H and O–H groups in total. The van der Waals surface area contributed by atoms with Gasteiger partial charge < -0.3 is 34.3 Å². The quantitative estimate of drug-likeness (QED) is 0.186. The molecule has 3 aliphatic rings. The predicted molar refractivity (Wildman–Crippen MR) is 126 cm³/mol. The number of carbonyl (C=O) groups is 3. The first kappa shape index (κ1) is 27.8. The summed E-state index contributed by atoms with van der Waals surface area (Å²) in [5, 5.41) is 29.4. The standard InChI is InChI=1S/C26H34O10/c1-6-15(11-28)24(31)34-12-16(7-8-27)25(32)35-18-9-13(2)17-10-19(29)26(4,33-5)21(17)22-20(18)14(3)23(30)36-22/h6-7,17-22,27-29H,2-3,8-12H2,1,4-5H3/b15-6+,16-7+/t17-,18+,19-,20+,21-,22-,26+/m0/s1. The molecule has 0 aromatic carbocycles. The molecule has 0 unspecified atom stereocenters. The summed E-state index contributed by atoms with van der Waals surface area (Å²) in [4.78, 5) is 37.7. The minimum absolute atomic E-state index is 0.0162. The first-order chi connectivity index (χ1) is 17.0. The van der Waals surface area contributed by atoms with E-state index in [2.05, 4.69) is 13.2 Å². The lowest BCUT2D eigenvalue weighted by Crippen LogP contribution is -2.50. The minimum Gasteiger partial charge on any atom is -0.458 e. The van der Waals surface area contributed by atoms with Crippen molar-refractivity contribution < 1.29 is 48.7 Å². The smallest absolute Gasteiger partial charge is 0.337 e. The third-order valence-corrected chi connectivity index (χ3v) is 7.68. The van der Waals surface area contributed by atoms with Crippen LogP contribution in [0.1, 0.15) is 26.7 Å². The molecule has 3 rings (SSSR count). The molecule has 7 atom stereocenters. The number of hydrogen-bond donors (Lipinski definition) is 3. The fourth-order valence-electron chi connectivity index (χ4n) is 5.52. The summed E-state index contributed by atoms with van der Waals surface area (Å²) in [6, 6.07) is 0. The van der Waals surface area contributed by atoms with E-state index in [1.807, 2.05) is 0 Å². The second kappa shape index (κ2) is 11.1. The van der Waals surface area contributed by atoms with E-state index >= 15 is 0 Å². The molecule has 0 radical (unpaired) electrons. The molecular weight excluding hydrogens is 472 g/mol. The second-order valence-corrected chi connectivity index (χ2v) is 9.46. The van der Waals surface area contributed by atoms with Crippen molar-refractivity contribution >= 4 is 17.9 Å². The number of hydrogen-bond acceptors (Lipinski definition) is 10. The van der Waals surface area contributed by atoms with Gasteiger partial charge in [0.05, 0.1) is 42.0 Å². The highest BCUT2D eigenvalue weighted by atomic mass is 16.6. The molecule has 10 heteroatoms. The SMILES string of the molecule is C=C1C(=O)O[C@H]2[C@H]1[C@H](OC(=O)/C(=C/CO)COC(=O)/C(=C/C)CO)CC(=C)[C@@H]1C[C@H](O)[C@@](C)(OC)[C@H]21. The van der Waals surface area contributed by atoms with Gasteiger partial charge in [0.2, 0.25) is 0 Å². The van der Waals surface area contributed by atoms with Crippen molar-refractivity contribution in [3.8, 4) is 0 Å². The molecule has 1 saturated heterocycles. The molecule has 0 aromatic heterocycles. The van der Waals surface area contributed by atoms with Crippen molar-refractivity contribution in [3.05, 3.63) is 47.6 Å². The van der Waals surface area contributed by atoms with E-state index in [1.165, 1.54) is 13.2 Å². The van der Waals surface area contributed by atoms with Gasteiger partial charge in [0, 0.05) is 25.0 Å². The number of methoxy groups -OCH3 is 1. The molecule has 1 heterocycles. The van der Waals surface area contributed by atoms with Gasteiger partial charge in [-0.2, -0.15) is 0 Å². The van der Waals surface area contributed by atoms with Crippen molar-refractivity contribution in [1.82, 2.24) is 0 Å². The first-order valence-electron chi connectivity index (χ1n) is 11.8. The van der Waals surface area contributed by atoms with Gasteiger partial charge in [-0.25, -0.2) is 14.4 Å². The maximum Gasteiger partial charge on any atom is 0.337 e. The van der Waals surface area contributed by atoms with E-state index in [0.717, 1.165) is 11.6 Å². The van der Waals surface area contributed by atoms with Crippen LogP contribution in [0.25, 0.3) is 0 Å². The summed E-state index contributed by atoms with van der Waals surface area (Å²) < 4.78 is 22.3. The van der Waals surface area contributed by atoms with Gasteiger partial charge in [-0.3, -0.25) is 0 Å². The Hall–Kier alpha value is -2.79. The largest absolute Gasteiger partial charge is 0.458 e. The van der Waals surface area contributed by atoms with Crippen LogP contribution >= 0.6 is 0 Å². The number of ether oxygens (including phenoxy) is 4. The number of aliphatic hydroxyl groups excluding tert-OH is 3. The van der Waals surface area contributed by atoms with E-state index in [1.54, 1.807) is 13.8 Å². The van der Waals surface area contributed by atoms with Gasteiger partial charge in [-0.05, 0) is 32.3 Å². The van der Waals surface area contributed by atoms with E-state index in [4.69, 9.17) is 18.9 Å². The molecule has 0 bridgehead atoms. The fraction of sp³-hybridized carbons (Fsp3) is 0.577. The summed E-state index contributed by atoms with van der Waals surface area (Å²) >= 11 is 0. The van der Waals surface area contributed by atoms with E-state index in [9.17, 15) is 29.7 Å². The Morgan fingerprint density at radius 3 is 2.50 bits per heavy atom. The number of aliphatic hydroxyl groups is 3. The van der Waals surface area contributed by atoms with Crippen molar-refractivity contribution in [1.29, 1.82) is 0 Å². The van der Waals surface area contributed by atoms with E-state index in [0.29, 0.717) is 6.42 Å². The Labute approximate surface area is 209 Å². The average molecular weight is 507 g/mol. The molecule has 0 aromatic rings. The first-order valence-corrected chi connectivity index (χ1v) is 11.8. The number of allylic oxidation sites excluding steroid dienone is 1. The van der Waals surface area contributed by atoms with Crippen LogP contribution in [-0.2, 0) is 33.3 Å². The molecule has 0 amide bonds. The lowest BCUT2D eigenvalue weighted by atomic mass is 9.76. The van der Waals surface area contributed by atoms with Crippen molar-refractivity contribution in [3.63, 3.8) is 0 Å². The number of esters is 3. The highest BCUT2D eigenvalue weighted by molar-refractivity contribution is 5.93. The molecule has 198 valence electrons. The Bertz CT molecular complexity index is 995. The molecule has 1 aliphatic heterocycles. The highest BCUT2D eigenvalue weighted by Crippen LogP contribution is 2.55. The maximum atomic E-state index is 13.1. The van der Waals surface area contributed by atoms with Crippen molar-refractivity contribution in [2.24, 2.45) is 17.8 Å². The lowest BCUT2D eigenvalue weighted by molar-refractivity contribution is -0.160. The van der Waals surface area contributed by atoms with E-state index < -0.39 is 73.5 Å². The van der Waals surface area contributed by atoms with Gasteiger partial charge in [0.15, 0.2) is 0 Å². The summed E-state index contributed by atoms with van der Waals surface area (Å²) in [6.07, 6.45) is 0.638. The van der Waals surface area contributed by atoms with Gasteiger partial charge in [-0.1, -0.05) is 24.8 Å². The maximum absolute atomic E-state index is 13.1. The zero-order valence-corrected chi connectivity index (χ0v) is 20.8. The highest BCUT2D eigenvalue weighted by Gasteiger charge is 2.63. The molecule has 2 saturated carbocycles. The fourth-order valence-corrected chi connectivity index (χ4v) is 5.52. The van der Waals surface area contributed by atoms with Crippen LogP contribution < -0.4 is 0 Å². The number of carbonyl (C=O) groups excluding carboxylic acids is 3. The monoisotopic (exact) mass is 506 g/mol. The van der Waals surface area contributed by atoms with Gasteiger partial charge >= 0.3 is 17.9 Å². The molecular formula is C26H34O10. The third-order valence-electron chi connectivity index (χ3n) is 7.68. The zero-order chi connectivity index (χ0) is 26.8. The molecule has 0 spiro atoms. The third kappa shape index (κ3) is 4.90. The van der Waals surface area contributed by atoms with Crippen molar-refractivity contribution in [2.45, 2.75) is 50.6 Å². The van der Waals surface area contributed by atoms with Crippen LogP contribution in [0, 0.1) is 17.8 Å². The second-order valence-electron chi connectivity index (χ2n) is 9.46. The zero-order valence-electron chi connectivity index (χ0n) is 20.8. The average Bonchev–Trinajstić information content (AvgIpc) is 3.24. The molecule has 3 fully saturated rings. The summed E-state index contributed by atoms with van der Waals surface area (Å²) in [6.45, 7) is 9.84. The van der Waals surface area contributed by atoms with Crippen LogP contribution in [0.2, 0.25) is 0 Å². The van der Waals surface area contributed by atoms with Crippen LogP contribution in [-0.4, -0.2) is 84.1 Å². The minimum atomic E-state index is -1.02. The van der Waals surface area contributed by atoms with Gasteiger partial charge in [0.25, 0.3) is 0 Å².